The summed E-state index contributed by atoms with van der Waals surface area (Å²) in [7, 11) is -4.89. The zero-order chi connectivity index (χ0) is 13.9. The molecule has 102 valence electrons. The number of alkyl halides is 2. The Hall–Kier alpha value is -1.58. The van der Waals surface area contributed by atoms with Gasteiger partial charge in [0.2, 0.25) is 5.82 Å². The monoisotopic (exact) mass is 282 g/mol. The molecule has 1 amide bonds. The number of hydrogen-bond donors (Lipinski definition) is 1. The third-order valence-corrected chi connectivity index (χ3v) is 3.37. The maximum Gasteiger partial charge on any atom is 0.344 e. The second-order valence-electron chi connectivity index (χ2n) is 3.25. The third-order valence-electron chi connectivity index (χ3n) is 2.21. The van der Waals surface area contributed by atoms with E-state index in [2.05, 4.69) is 15.2 Å². The van der Waals surface area contributed by atoms with Gasteiger partial charge in [-0.2, -0.15) is 13.8 Å². The van der Waals surface area contributed by atoms with Crippen molar-refractivity contribution in [2.75, 3.05) is 13.1 Å². The molecule has 1 aromatic heterocycles. The van der Waals surface area contributed by atoms with E-state index in [1.54, 1.807) is 13.8 Å². The van der Waals surface area contributed by atoms with Crippen molar-refractivity contribution in [3.63, 3.8) is 0 Å². The normalized spacial score (nSPS) is 11.8. The molecule has 7 nitrogen and oxygen atoms in total. The highest BCUT2D eigenvalue weighted by Crippen LogP contribution is 2.14. The minimum absolute atomic E-state index is 0.377. The van der Waals surface area contributed by atoms with Gasteiger partial charge >= 0.3 is 5.76 Å². The molecule has 0 aliphatic rings. The summed E-state index contributed by atoms with van der Waals surface area (Å²) in [5.41, 5.74) is 0. The number of carbonyl (C=O) groups is 1. The van der Waals surface area contributed by atoms with E-state index < -0.39 is 26.7 Å². The van der Waals surface area contributed by atoms with Gasteiger partial charge in [0.05, 0.1) is 0 Å². The van der Waals surface area contributed by atoms with Crippen molar-refractivity contribution in [3.05, 3.63) is 5.82 Å². The molecule has 18 heavy (non-hydrogen) atoms. The van der Waals surface area contributed by atoms with Gasteiger partial charge in [0.25, 0.3) is 20.9 Å². The van der Waals surface area contributed by atoms with Crippen molar-refractivity contribution >= 4 is 15.7 Å². The van der Waals surface area contributed by atoms with Crippen LogP contribution in [0.5, 0.6) is 0 Å². The predicted octanol–water partition coefficient (Wildman–Crippen LogP) is 0.283. The lowest BCUT2D eigenvalue weighted by Crippen LogP contribution is -2.31. The molecule has 1 heterocycles. The molecule has 0 unspecified atom stereocenters. The van der Waals surface area contributed by atoms with Crippen LogP contribution in [0.25, 0.3) is 0 Å². The second kappa shape index (κ2) is 5.38. The largest absolute Gasteiger partial charge is 0.344 e. The first-order valence-electron chi connectivity index (χ1n) is 5.08. The Morgan fingerprint density at radius 3 is 2.39 bits per heavy atom. The zero-order valence-electron chi connectivity index (χ0n) is 9.72. The molecule has 0 saturated carbocycles. The van der Waals surface area contributed by atoms with Gasteiger partial charge in [-0.3, -0.25) is 9.89 Å². The molecule has 0 bridgehead atoms. The molecule has 0 atom stereocenters. The number of hydrogen-bond acceptors (Lipinski definition) is 5. The van der Waals surface area contributed by atoms with Gasteiger partial charge in [-0.25, -0.2) is 8.42 Å². The number of rotatable bonds is 5. The molecule has 0 fully saturated rings. The molecule has 1 N–H and O–H groups in total. The van der Waals surface area contributed by atoms with E-state index in [1.165, 1.54) is 4.90 Å². The molecule has 0 spiro atoms. The van der Waals surface area contributed by atoms with E-state index >= 15 is 0 Å². The number of sulfone groups is 1. The van der Waals surface area contributed by atoms with Crippen molar-refractivity contribution in [2.45, 2.75) is 24.8 Å². The number of aromatic nitrogens is 3. The molecule has 0 aromatic carbocycles. The van der Waals surface area contributed by atoms with E-state index in [1.807, 2.05) is 0 Å². The topological polar surface area (TPSA) is 96.0 Å². The number of aromatic amines is 1. The number of nitrogens with zero attached hydrogens (tertiary/aromatic N) is 3. The first-order chi connectivity index (χ1) is 8.34. The molecule has 1 rings (SSSR count). The average molecular weight is 282 g/mol. The van der Waals surface area contributed by atoms with Crippen LogP contribution in [0, 0.1) is 0 Å². The Kier molecular flexibility index (Phi) is 4.33. The molecule has 10 heteroatoms. The molecular formula is C8H12F2N4O3S. The Morgan fingerprint density at radius 1 is 1.39 bits per heavy atom. The summed E-state index contributed by atoms with van der Waals surface area (Å²) in [4.78, 5) is 16.4. The fourth-order valence-electron chi connectivity index (χ4n) is 1.21. The number of H-pyrrole nitrogens is 1. The summed E-state index contributed by atoms with van der Waals surface area (Å²) in [6.45, 7) is 4.20. The standard InChI is InChI=1S/C8H12F2N4O3S/c1-3-14(4-2)6(15)5-11-8(13-12-5)18(16,17)7(9)10/h7H,3-4H2,1-2H3,(H,11,12,13). The van der Waals surface area contributed by atoms with Crippen molar-refractivity contribution in [1.82, 2.24) is 20.1 Å². The molecule has 0 saturated heterocycles. The molecule has 0 radical (unpaired) electrons. The highest BCUT2D eigenvalue weighted by atomic mass is 32.2. The van der Waals surface area contributed by atoms with Crippen LogP contribution < -0.4 is 0 Å². The van der Waals surface area contributed by atoms with Crippen LogP contribution in [-0.4, -0.2) is 53.3 Å². The average Bonchev–Trinajstić information content (AvgIpc) is 2.80. The SMILES string of the molecule is CCN(CC)C(=O)c1nc(S(=O)(=O)C(F)F)n[nH]1. The van der Waals surface area contributed by atoms with Gasteiger partial charge in [-0.1, -0.05) is 0 Å². The van der Waals surface area contributed by atoms with E-state index in [9.17, 15) is 22.0 Å². The maximum atomic E-state index is 12.2. The lowest BCUT2D eigenvalue weighted by Gasteiger charge is -2.16. The van der Waals surface area contributed by atoms with Gasteiger partial charge < -0.3 is 4.90 Å². The van der Waals surface area contributed by atoms with E-state index in [0.29, 0.717) is 13.1 Å². The lowest BCUT2D eigenvalue weighted by molar-refractivity contribution is 0.0761. The van der Waals surface area contributed by atoms with Crippen LogP contribution in [0.3, 0.4) is 0 Å². The predicted molar refractivity (Wildman–Crippen MR) is 56.8 cm³/mol. The highest BCUT2D eigenvalue weighted by molar-refractivity contribution is 7.91. The maximum absolute atomic E-state index is 12.2. The van der Waals surface area contributed by atoms with Crippen molar-refractivity contribution in [1.29, 1.82) is 0 Å². The van der Waals surface area contributed by atoms with Crippen LogP contribution in [0.15, 0.2) is 5.16 Å². The Balaban J connectivity index is 3.04. The van der Waals surface area contributed by atoms with Crippen molar-refractivity contribution < 1.29 is 22.0 Å². The first-order valence-corrected chi connectivity index (χ1v) is 6.62. The number of carbonyl (C=O) groups excluding carboxylic acids is 1. The molecule has 1 aromatic rings. The Labute approximate surface area is 102 Å². The fourth-order valence-corrected chi connectivity index (χ4v) is 1.76. The summed E-state index contributed by atoms with van der Waals surface area (Å²) >= 11 is 0. The Morgan fingerprint density at radius 2 is 1.94 bits per heavy atom. The molecular weight excluding hydrogens is 270 g/mol. The van der Waals surface area contributed by atoms with Gasteiger partial charge in [0, 0.05) is 13.1 Å². The van der Waals surface area contributed by atoms with E-state index in [4.69, 9.17) is 0 Å². The fraction of sp³-hybridized carbons (Fsp3) is 0.625. The quantitative estimate of drug-likeness (QED) is 0.837. The van der Waals surface area contributed by atoms with Gasteiger partial charge in [0.15, 0.2) is 0 Å². The van der Waals surface area contributed by atoms with Gasteiger partial charge in [-0.15, -0.1) is 5.10 Å². The minimum Gasteiger partial charge on any atom is -0.337 e. The van der Waals surface area contributed by atoms with Crippen LogP contribution in [0.1, 0.15) is 24.5 Å². The third kappa shape index (κ3) is 2.63. The minimum atomic E-state index is -4.89. The summed E-state index contributed by atoms with van der Waals surface area (Å²) in [5, 5.41) is 4.10. The zero-order valence-corrected chi connectivity index (χ0v) is 10.5. The summed E-state index contributed by atoms with van der Waals surface area (Å²) in [6, 6.07) is 0. The van der Waals surface area contributed by atoms with Crippen LogP contribution in [0.4, 0.5) is 8.78 Å². The van der Waals surface area contributed by atoms with Crippen LogP contribution in [-0.2, 0) is 9.84 Å². The summed E-state index contributed by atoms with van der Waals surface area (Å²) in [5.74, 6) is -4.59. The smallest absolute Gasteiger partial charge is 0.337 e. The van der Waals surface area contributed by atoms with Gasteiger partial charge in [-0.05, 0) is 13.8 Å². The van der Waals surface area contributed by atoms with Crippen molar-refractivity contribution in [2.24, 2.45) is 0 Å². The first kappa shape index (κ1) is 14.5. The lowest BCUT2D eigenvalue weighted by atomic mass is 10.4. The number of amides is 1. The molecule has 0 aliphatic heterocycles. The van der Waals surface area contributed by atoms with Crippen LogP contribution >= 0.6 is 0 Å². The van der Waals surface area contributed by atoms with Crippen LogP contribution in [0.2, 0.25) is 0 Å². The second-order valence-corrected chi connectivity index (χ2v) is 5.06. The summed E-state index contributed by atoms with van der Waals surface area (Å²) < 4.78 is 46.6. The summed E-state index contributed by atoms with van der Waals surface area (Å²) in [6.07, 6.45) is 0. The highest BCUT2D eigenvalue weighted by Gasteiger charge is 2.32. The number of halogens is 2. The number of nitrogens with one attached hydrogen (secondary N) is 1. The molecule has 0 aliphatic carbocycles. The van der Waals surface area contributed by atoms with E-state index in [0.717, 1.165) is 0 Å². The van der Waals surface area contributed by atoms with E-state index in [-0.39, 0.29) is 5.82 Å². The Bertz CT molecular complexity index is 524. The van der Waals surface area contributed by atoms with Gasteiger partial charge in [0.1, 0.15) is 0 Å². The van der Waals surface area contributed by atoms with Crippen molar-refractivity contribution in [3.8, 4) is 0 Å².